The fraction of sp³-hybridized carbons (Fsp3) is 0.478. The van der Waals surface area contributed by atoms with E-state index in [1.165, 1.54) is 37.0 Å². The number of benzene rings is 2. The van der Waals surface area contributed by atoms with Crippen LogP contribution in [-0.4, -0.2) is 31.8 Å². The maximum atomic E-state index is 13.2. The Labute approximate surface area is 178 Å². The molecule has 2 aliphatic rings. The highest BCUT2D eigenvalue weighted by atomic mass is 35.5. The molecule has 0 radical (unpaired) electrons. The summed E-state index contributed by atoms with van der Waals surface area (Å²) in [4.78, 5) is 0. The van der Waals surface area contributed by atoms with Gasteiger partial charge in [-0.2, -0.15) is 0 Å². The Hall–Kier alpha value is -1.66. The maximum absolute atomic E-state index is 13.2. The van der Waals surface area contributed by atoms with Crippen molar-refractivity contribution in [2.75, 3.05) is 19.8 Å². The zero-order valence-corrected chi connectivity index (χ0v) is 17.4. The Bertz CT molecular complexity index is 753. The summed E-state index contributed by atoms with van der Waals surface area (Å²) in [5, 5.41) is 7.37. The Morgan fingerprint density at radius 3 is 2.72 bits per heavy atom. The largest absolute Gasteiger partial charge is 0.489 e. The zero-order chi connectivity index (χ0) is 19.2. The van der Waals surface area contributed by atoms with E-state index in [-0.39, 0.29) is 18.2 Å². The van der Waals surface area contributed by atoms with Gasteiger partial charge >= 0.3 is 0 Å². The number of halogens is 2. The van der Waals surface area contributed by atoms with Gasteiger partial charge in [-0.05, 0) is 54.2 Å². The lowest BCUT2D eigenvalue weighted by Crippen LogP contribution is -2.50. The summed E-state index contributed by atoms with van der Waals surface area (Å²) in [6.45, 7) is 3.86. The summed E-state index contributed by atoms with van der Waals surface area (Å²) >= 11 is 0. The highest BCUT2D eigenvalue weighted by Gasteiger charge is 2.34. The fourth-order valence-electron chi connectivity index (χ4n) is 4.33. The van der Waals surface area contributed by atoms with Gasteiger partial charge in [0.05, 0.1) is 13.2 Å². The third-order valence-corrected chi connectivity index (χ3v) is 5.82. The Balaban J connectivity index is 0.00000240. The molecule has 4 rings (SSSR count). The first-order valence-corrected chi connectivity index (χ1v) is 10.3. The molecule has 1 heterocycles. The van der Waals surface area contributed by atoms with Crippen LogP contribution in [0.25, 0.3) is 0 Å². The van der Waals surface area contributed by atoms with Gasteiger partial charge in [-0.1, -0.05) is 30.7 Å². The quantitative estimate of drug-likeness (QED) is 0.708. The number of morpholine rings is 1. The van der Waals surface area contributed by atoms with Crippen molar-refractivity contribution in [3.8, 4) is 5.75 Å². The summed E-state index contributed by atoms with van der Waals surface area (Å²) in [6.07, 6.45) is 3.79. The van der Waals surface area contributed by atoms with Crippen LogP contribution in [0.1, 0.15) is 30.4 Å². The van der Waals surface area contributed by atoms with Gasteiger partial charge in [0, 0.05) is 25.2 Å². The van der Waals surface area contributed by atoms with E-state index in [1.807, 2.05) is 18.2 Å². The second kappa shape index (κ2) is 10.9. The molecule has 0 aromatic heterocycles. The molecule has 0 bridgehead atoms. The van der Waals surface area contributed by atoms with E-state index in [2.05, 4.69) is 22.8 Å². The number of ether oxygens (including phenoxy) is 2. The first-order chi connectivity index (χ1) is 13.8. The SMILES string of the molecule is Cl.Fc1cccc(COc2ccc(CNC3CCCC3C3COCCN3)cc2)c1. The topological polar surface area (TPSA) is 42.5 Å². The summed E-state index contributed by atoms with van der Waals surface area (Å²) in [7, 11) is 0. The van der Waals surface area contributed by atoms with Gasteiger partial charge in [0.2, 0.25) is 0 Å². The van der Waals surface area contributed by atoms with E-state index >= 15 is 0 Å². The molecule has 3 atom stereocenters. The molecule has 2 aromatic carbocycles. The molecule has 6 heteroatoms. The third kappa shape index (κ3) is 6.16. The highest BCUT2D eigenvalue weighted by Crippen LogP contribution is 2.29. The van der Waals surface area contributed by atoms with Crippen molar-refractivity contribution in [3.63, 3.8) is 0 Å². The molecule has 2 N–H and O–H groups in total. The lowest BCUT2D eigenvalue weighted by molar-refractivity contribution is 0.0524. The van der Waals surface area contributed by atoms with Crippen LogP contribution in [0.15, 0.2) is 48.5 Å². The lowest BCUT2D eigenvalue weighted by Gasteiger charge is -2.33. The number of nitrogens with one attached hydrogen (secondary N) is 2. The molecule has 2 aromatic rings. The summed E-state index contributed by atoms with van der Waals surface area (Å²) < 4.78 is 24.7. The van der Waals surface area contributed by atoms with Crippen molar-refractivity contribution in [3.05, 3.63) is 65.5 Å². The Kier molecular flexibility index (Phi) is 8.30. The summed E-state index contributed by atoms with van der Waals surface area (Å²) in [5.74, 6) is 1.22. The van der Waals surface area contributed by atoms with E-state index in [0.29, 0.717) is 24.6 Å². The van der Waals surface area contributed by atoms with E-state index in [1.54, 1.807) is 6.07 Å². The number of hydrogen-bond donors (Lipinski definition) is 2. The van der Waals surface area contributed by atoms with Crippen LogP contribution in [0.4, 0.5) is 4.39 Å². The molecule has 29 heavy (non-hydrogen) atoms. The van der Waals surface area contributed by atoms with Crippen molar-refractivity contribution in [2.45, 2.75) is 44.5 Å². The number of rotatable bonds is 7. The van der Waals surface area contributed by atoms with Gasteiger partial charge in [0.15, 0.2) is 0 Å². The van der Waals surface area contributed by atoms with E-state index in [9.17, 15) is 4.39 Å². The smallest absolute Gasteiger partial charge is 0.123 e. The molecule has 0 spiro atoms. The van der Waals surface area contributed by atoms with Crippen LogP contribution in [0.5, 0.6) is 5.75 Å². The third-order valence-electron chi connectivity index (χ3n) is 5.82. The van der Waals surface area contributed by atoms with Crippen LogP contribution < -0.4 is 15.4 Å². The fourth-order valence-corrected chi connectivity index (χ4v) is 4.33. The molecule has 0 amide bonds. The minimum Gasteiger partial charge on any atom is -0.489 e. The standard InChI is InChI=1S/C23H29FN2O2.ClH/c24-19-4-1-3-18(13-19)15-28-20-9-7-17(8-10-20)14-26-22-6-2-5-21(22)23-16-27-12-11-25-23;/h1,3-4,7-10,13,21-23,25-26H,2,5-6,11-12,14-16H2;1H. The van der Waals surface area contributed by atoms with Gasteiger partial charge < -0.3 is 20.1 Å². The van der Waals surface area contributed by atoms with Crippen LogP contribution in [0.3, 0.4) is 0 Å². The van der Waals surface area contributed by atoms with E-state index in [4.69, 9.17) is 9.47 Å². The minimum absolute atomic E-state index is 0. The maximum Gasteiger partial charge on any atom is 0.123 e. The van der Waals surface area contributed by atoms with Gasteiger partial charge in [0.1, 0.15) is 18.2 Å². The molecular weight excluding hydrogens is 391 g/mol. The molecular formula is C23H30ClFN2O2. The van der Waals surface area contributed by atoms with Crippen LogP contribution in [0.2, 0.25) is 0 Å². The van der Waals surface area contributed by atoms with Gasteiger partial charge in [-0.3, -0.25) is 0 Å². The van der Waals surface area contributed by atoms with Crippen molar-refractivity contribution in [1.29, 1.82) is 0 Å². The van der Waals surface area contributed by atoms with Gasteiger partial charge in [-0.25, -0.2) is 4.39 Å². The molecule has 158 valence electrons. The molecule has 2 fully saturated rings. The average Bonchev–Trinajstić information content (AvgIpc) is 3.21. The predicted molar refractivity (Wildman–Crippen MR) is 115 cm³/mol. The molecule has 1 aliphatic heterocycles. The van der Waals surface area contributed by atoms with E-state index < -0.39 is 0 Å². The predicted octanol–water partition coefficient (Wildman–Crippen LogP) is 4.07. The molecule has 4 nitrogen and oxygen atoms in total. The highest BCUT2D eigenvalue weighted by molar-refractivity contribution is 5.85. The monoisotopic (exact) mass is 420 g/mol. The molecule has 3 unspecified atom stereocenters. The summed E-state index contributed by atoms with van der Waals surface area (Å²) in [6, 6.07) is 15.7. The van der Waals surface area contributed by atoms with Crippen molar-refractivity contribution >= 4 is 12.4 Å². The van der Waals surface area contributed by atoms with Gasteiger partial charge in [0.25, 0.3) is 0 Å². The zero-order valence-electron chi connectivity index (χ0n) is 16.6. The van der Waals surface area contributed by atoms with Gasteiger partial charge in [-0.15, -0.1) is 12.4 Å². The van der Waals surface area contributed by atoms with Crippen molar-refractivity contribution in [2.24, 2.45) is 5.92 Å². The van der Waals surface area contributed by atoms with Crippen molar-refractivity contribution in [1.82, 2.24) is 10.6 Å². The van der Waals surface area contributed by atoms with Crippen LogP contribution in [-0.2, 0) is 17.9 Å². The minimum atomic E-state index is -0.234. The second-order valence-corrected chi connectivity index (χ2v) is 7.78. The molecule has 1 saturated carbocycles. The first kappa shape index (κ1) is 22.0. The second-order valence-electron chi connectivity index (χ2n) is 7.78. The number of hydrogen-bond acceptors (Lipinski definition) is 4. The lowest BCUT2D eigenvalue weighted by atomic mass is 9.94. The van der Waals surface area contributed by atoms with E-state index in [0.717, 1.165) is 37.6 Å². The molecule has 1 saturated heterocycles. The first-order valence-electron chi connectivity index (χ1n) is 10.3. The summed E-state index contributed by atoms with van der Waals surface area (Å²) in [5.41, 5.74) is 2.08. The average molecular weight is 421 g/mol. The van der Waals surface area contributed by atoms with Crippen molar-refractivity contribution < 1.29 is 13.9 Å². The Morgan fingerprint density at radius 1 is 1.10 bits per heavy atom. The Morgan fingerprint density at radius 2 is 1.97 bits per heavy atom. The van der Waals surface area contributed by atoms with Crippen LogP contribution >= 0.6 is 12.4 Å². The van der Waals surface area contributed by atoms with Crippen LogP contribution in [0, 0.1) is 11.7 Å². The normalized spacial score (nSPS) is 24.1. The molecule has 1 aliphatic carbocycles.